The third kappa shape index (κ3) is 5.04. The lowest BCUT2D eigenvalue weighted by Crippen LogP contribution is -2.38. The molecule has 2 fully saturated rings. The summed E-state index contributed by atoms with van der Waals surface area (Å²) in [5.41, 5.74) is 2.88. The molecule has 4 rings (SSSR count). The molecule has 0 aromatic heterocycles. The van der Waals surface area contributed by atoms with E-state index in [2.05, 4.69) is 15.5 Å². The lowest BCUT2D eigenvalue weighted by Gasteiger charge is -2.32. The molecule has 1 aromatic rings. The number of carbonyl (C=O) groups excluding carboxylic acids is 2. The molecule has 1 atom stereocenters. The molecule has 2 amide bonds. The first-order chi connectivity index (χ1) is 14.1. The van der Waals surface area contributed by atoms with E-state index in [1.165, 1.54) is 11.6 Å². The molecule has 0 bridgehead atoms. The Bertz CT molecular complexity index is 799. The van der Waals surface area contributed by atoms with Crippen LogP contribution in [0.4, 0.5) is 4.39 Å². The highest BCUT2D eigenvalue weighted by molar-refractivity contribution is 6.02. The van der Waals surface area contributed by atoms with Gasteiger partial charge in [0.15, 0.2) is 0 Å². The Labute approximate surface area is 171 Å². The Morgan fingerprint density at radius 3 is 2.83 bits per heavy atom. The molecule has 1 aromatic carbocycles. The minimum Gasteiger partial charge on any atom is -0.356 e. The van der Waals surface area contributed by atoms with Gasteiger partial charge in [0.25, 0.3) is 0 Å². The molecule has 1 aliphatic carbocycles. The zero-order chi connectivity index (χ0) is 20.2. The quantitative estimate of drug-likeness (QED) is 0.773. The van der Waals surface area contributed by atoms with Crippen molar-refractivity contribution in [1.82, 2.24) is 15.5 Å². The van der Waals surface area contributed by atoms with Gasteiger partial charge in [-0.05, 0) is 74.4 Å². The molecule has 6 heteroatoms. The van der Waals surface area contributed by atoms with E-state index in [1.54, 1.807) is 12.1 Å². The summed E-state index contributed by atoms with van der Waals surface area (Å²) in [6.45, 7) is 3.34. The van der Waals surface area contributed by atoms with Crippen LogP contribution in [0, 0.1) is 11.7 Å². The smallest absolute Gasteiger partial charge is 0.248 e. The molecule has 29 heavy (non-hydrogen) atoms. The van der Waals surface area contributed by atoms with Gasteiger partial charge in [0, 0.05) is 18.7 Å². The molecular formula is C23H30FN3O2. The van der Waals surface area contributed by atoms with Crippen LogP contribution in [0.25, 0.3) is 0 Å². The molecule has 2 aliphatic heterocycles. The molecule has 2 heterocycles. The third-order valence-electron chi connectivity index (χ3n) is 6.50. The van der Waals surface area contributed by atoms with Crippen LogP contribution in [0.5, 0.6) is 0 Å². The normalized spacial score (nSPS) is 23.1. The van der Waals surface area contributed by atoms with Gasteiger partial charge in [-0.1, -0.05) is 18.6 Å². The van der Waals surface area contributed by atoms with E-state index < -0.39 is 0 Å². The number of nitrogens with zero attached hydrogens (tertiary/aromatic N) is 1. The van der Waals surface area contributed by atoms with Crippen LogP contribution >= 0.6 is 0 Å². The predicted octanol–water partition coefficient (Wildman–Crippen LogP) is 2.91. The number of carbonyl (C=O) groups is 2. The van der Waals surface area contributed by atoms with E-state index in [1.807, 2.05) is 6.07 Å². The number of fused-ring (bicyclic) bond motifs is 1. The van der Waals surface area contributed by atoms with Crippen LogP contribution < -0.4 is 10.6 Å². The van der Waals surface area contributed by atoms with Crippen LogP contribution in [-0.4, -0.2) is 42.4 Å². The lowest BCUT2D eigenvalue weighted by atomic mass is 9.88. The number of halogens is 1. The van der Waals surface area contributed by atoms with Crippen LogP contribution in [0.3, 0.4) is 0 Å². The maximum Gasteiger partial charge on any atom is 0.248 e. The fourth-order valence-electron chi connectivity index (χ4n) is 4.84. The van der Waals surface area contributed by atoms with E-state index in [0.29, 0.717) is 18.0 Å². The van der Waals surface area contributed by atoms with Crippen molar-refractivity contribution in [1.29, 1.82) is 0 Å². The Kier molecular flexibility index (Phi) is 6.28. The van der Waals surface area contributed by atoms with Crippen LogP contribution in [0.1, 0.15) is 50.5 Å². The van der Waals surface area contributed by atoms with Crippen LogP contribution in [0.2, 0.25) is 0 Å². The second-order valence-corrected chi connectivity index (χ2v) is 8.61. The van der Waals surface area contributed by atoms with Crippen molar-refractivity contribution < 1.29 is 14.0 Å². The number of piperidine rings is 1. The van der Waals surface area contributed by atoms with Crippen molar-refractivity contribution in [2.45, 2.75) is 57.5 Å². The van der Waals surface area contributed by atoms with Gasteiger partial charge in [0.1, 0.15) is 5.82 Å². The molecule has 5 nitrogen and oxygen atoms in total. The van der Waals surface area contributed by atoms with E-state index >= 15 is 0 Å². The largest absolute Gasteiger partial charge is 0.356 e. The molecule has 2 N–H and O–H groups in total. The van der Waals surface area contributed by atoms with Gasteiger partial charge < -0.3 is 10.6 Å². The standard InChI is InChI=1S/C23H30FN3O2/c24-18-5-3-4-17(12-18)15-27-10-8-16(9-11-27)14-25-22(28)13-20-19-6-1-2-7-21(19)26-23(20)29/h3-5,12,16,21H,1-2,6-11,13-15H2,(H,25,28)(H,26,29). The summed E-state index contributed by atoms with van der Waals surface area (Å²) >= 11 is 0. The summed E-state index contributed by atoms with van der Waals surface area (Å²) in [5, 5.41) is 6.07. The van der Waals surface area contributed by atoms with Crippen molar-refractivity contribution in [3.63, 3.8) is 0 Å². The summed E-state index contributed by atoms with van der Waals surface area (Å²) in [5.74, 6) is 0.176. The van der Waals surface area contributed by atoms with Gasteiger partial charge in [-0.25, -0.2) is 4.39 Å². The lowest BCUT2D eigenvalue weighted by molar-refractivity contribution is -0.123. The van der Waals surface area contributed by atoms with Gasteiger partial charge in [0.05, 0.1) is 12.5 Å². The minimum atomic E-state index is -0.188. The van der Waals surface area contributed by atoms with Gasteiger partial charge in [-0.15, -0.1) is 0 Å². The number of likely N-dealkylation sites (tertiary alicyclic amines) is 1. The van der Waals surface area contributed by atoms with Gasteiger partial charge in [-0.2, -0.15) is 0 Å². The Morgan fingerprint density at radius 2 is 2.03 bits per heavy atom. The van der Waals surface area contributed by atoms with E-state index in [4.69, 9.17) is 0 Å². The highest BCUT2D eigenvalue weighted by Crippen LogP contribution is 2.32. The predicted molar refractivity (Wildman–Crippen MR) is 109 cm³/mol. The molecular weight excluding hydrogens is 369 g/mol. The first-order valence-corrected chi connectivity index (χ1v) is 10.8. The first-order valence-electron chi connectivity index (χ1n) is 10.8. The molecule has 1 unspecified atom stereocenters. The summed E-state index contributed by atoms with van der Waals surface area (Å²) in [6, 6.07) is 6.95. The van der Waals surface area contributed by atoms with Crippen molar-refractivity contribution in [3.05, 3.63) is 46.8 Å². The maximum absolute atomic E-state index is 13.3. The molecule has 1 saturated carbocycles. The highest BCUT2D eigenvalue weighted by Gasteiger charge is 2.33. The number of hydrogen-bond donors (Lipinski definition) is 2. The highest BCUT2D eigenvalue weighted by atomic mass is 19.1. The Morgan fingerprint density at radius 1 is 1.21 bits per heavy atom. The molecule has 0 spiro atoms. The molecule has 156 valence electrons. The average Bonchev–Trinajstić information content (AvgIpc) is 3.03. The second kappa shape index (κ2) is 9.08. The summed E-state index contributed by atoms with van der Waals surface area (Å²) in [7, 11) is 0. The topological polar surface area (TPSA) is 61.4 Å². The third-order valence-corrected chi connectivity index (χ3v) is 6.50. The fourth-order valence-corrected chi connectivity index (χ4v) is 4.84. The monoisotopic (exact) mass is 399 g/mol. The minimum absolute atomic E-state index is 0.0453. The molecule has 1 saturated heterocycles. The van der Waals surface area contributed by atoms with Crippen LogP contribution in [-0.2, 0) is 16.1 Å². The van der Waals surface area contributed by atoms with Crippen molar-refractivity contribution in [2.24, 2.45) is 5.92 Å². The number of hydrogen-bond acceptors (Lipinski definition) is 3. The number of nitrogens with one attached hydrogen (secondary N) is 2. The SMILES string of the molecule is O=C(CC1=C2CCCCC2NC1=O)NCC1CCN(Cc2cccc(F)c2)CC1. The van der Waals surface area contributed by atoms with Gasteiger partial charge in [-0.3, -0.25) is 14.5 Å². The first kappa shape index (κ1) is 20.1. The van der Waals surface area contributed by atoms with Crippen molar-refractivity contribution in [2.75, 3.05) is 19.6 Å². The van der Waals surface area contributed by atoms with E-state index in [9.17, 15) is 14.0 Å². The van der Waals surface area contributed by atoms with Crippen molar-refractivity contribution in [3.8, 4) is 0 Å². The summed E-state index contributed by atoms with van der Waals surface area (Å²) in [4.78, 5) is 27.0. The summed E-state index contributed by atoms with van der Waals surface area (Å²) in [6.07, 6.45) is 6.44. The average molecular weight is 400 g/mol. The maximum atomic E-state index is 13.3. The Balaban J connectivity index is 1.20. The molecule has 0 radical (unpaired) electrons. The Hall–Kier alpha value is -2.21. The summed E-state index contributed by atoms with van der Waals surface area (Å²) < 4.78 is 13.3. The number of rotatable bonds is 6. The molecule has 3 aliphatic rings. The zero-order valence-corrected chi connectivity index (χ0v) is 16.9. The number of benzene rings is 1. The van der Waals surface area contributed by atoms with Crippen molar-refractivity contribution >= 4 is 11.8 Å². The van der Waals surface area contributed by atoms with E-state index in [0.717, 1.165) is 63.7 Å². The number of amides is 2. The fraction of sp³-hybridized carbons (Fsp3) is 0.565. The van der Waals surface area contributed by atoms with Gasteiger partial charge >= 0.3 is 0 Å². The second-order valence-electron chi connectivity index (χ2n) is 8.61. The zero-order valence-electron chi connectivity index (χ0n) is 16.9. The van der Waals surface area contributed by atoms with Gasteiger partial charge in [0.2, 0.25) is 11.8 Å². The van der Waals surface area contributed by atoms with Crippen LogP contribution in [0.15, 0.2) is 35.4 Å². The van der Waals surface area contributed by atoms with E-state index in [-0.39, 0.29) is 30.1 Å².